The fraction of sp³-hybridized carbons (Fsp3) is 0.318. The van der Waals surface area contributed by atoms with E-state index in [2.05, 4.69) is 10.3 Å². The Morgan fingerprint density at radius 3 is 2.52 bits per heavy atom. The number of aromatic amines is 1. The van der Waals surface area contributed by atoms with E-state index in [-0.39, 0.29) is 11.7 Å². The maximum Gasteiger partial charge on any atom is 0.255 e. The summed E-state index contributed by atoms with van der Waals surface area (Å²) >= 11 is 18.4. The average Bonchev–Trinajstić information content (AvgIpc) is 2.71. The number of fused-ring (bicyclic) bond motifs is 1. The van der Waals surface area contributed by atoms with Crippen LogP contribution in [0.25, 0.3) is 10.8 Å². The van der Waals surface area contributed by atoms with E-state index in [4.69, 9.17) is 39.5 Å². The number of rotatable bonds is 5. The van der Waals surface area contributed by atoms with Gasteiger partial charge in [-0.1, -0.05) is 40.9 Å². The minimum absolute atomic E-state index is 0.120. The first kappa shape index (κ1) is 20.5. The Morgan fingerprint density at radius 2 is 1.76 bits per heavy atom. The van der Waals surface area contributed by atoms with Gasteiger partial charge in [0, 0.05) is 24.2 Å². The maximum atomic E-state index is 11.9. The van der Waals surface area contributed by atoms with E-state index >= 15 is 0 Å². The lowest BCUT2D eigenvalue weighted by Gasteiger charge is -2.30. The average molecular weight is 452 g/mol. The van der Waals surface area contributed by atoms with E-state index in [1.807, 2.05) is 30.3 Å². The van der Waals surface area contributed by atoms with Gasteiger partial charge in [0.2, 0.25) is 0 Å². The molecule has 1 saturated carbocycles. The Morgan fingerprint density at radius 1 is 0.966 bits per heavy atom. The first-order valence-electron chi connectivity index (χ1n) is 9.64. The van der Waals surface area contributed by atoms with Crippen molar-refractivity contribution in [2.45, 2.75) is 44.4 Å². The Hall–Kier alpha value is -1.72. The second-order valence-electron chi connectivity index (χ2n) is 7.40. The molecule has 0 atom stereocenters. The van der Waals surface area contributed by atoms with Gasteiger partial charge in [-0.15, -0.1) is 0 Å². The molecule has 0 aliphatic heterocycles. The minimum Gasteiger partial charge on any atom is -0.489 e. The molecule has 3 aromatic rings. The molecule has 152 valence electrons. The number of ether oxygens (including phenoxy) is 1. The lowest BCUT2D eigenvalue weighted by atomic mass is 9.92. The van der Waals surface area contributed by atoms with Crippen molar-refractivity contribution in [2.75, 3.05) is 0 Å². The Labute approximate surface area is 184 Å². The quantitative estimate of drug-likeness (QED) is 0.502. The fourth-order valence-corrected chi connectivity index (χ4v) is 4.28. The zero-order chi connectivity index (χ0) is 20.4. The summed E-state index contributed by atoms with van der Waals surface area (Å²) in [6.45, 7) is 0.762. The highest BCUT2D eigenvalue weighted by Gasteiger charge is 2.23. The molecule has 1 aliphatic carbocycles. The lowest BCUT2D eigenvalue weighted by molar-refractivity contribution is 0.139. The van der Waals surface area contributed by atoms with Crippen LogP contribution >= 0.6 is 34.8 Å². The van der Waals surface area contributed by atoms with Gasteiger partial charge >= 0.3 is 0 Å². The first-order valence-corrected chi connectivity index (χ1v) is 10.8. The SMILES string of the molecule is O=c1[nH]ccc2cc(O[C@H]3CC[C@@H](NCc4ccc(Cl)c(Cl)c4)CC3)c(Cl)cc12. The number of hydrogen-bond acceptors (Lipinski definition) is 3. The van der Waals surface area contributed by atoms with E-state index in [0.717, 1.165) is 43.2 Å². The fourth-order valence-electron chi connectivity index (χ4n) is 3.75. The second-order valence-corrected chi connectivity index (χ2v) is 8.62. The number of halogens is 3. The van der Waals surface area contributed by atoms with Gasteiger partial charge in [0.1, 0.15) is 5.75 Å². The van der Waals surface area contributed by atoms with Crippen LogP contribution in [0.5, 0.6) is 5.75 Å². The molecule has 1 fully saturated rings. The van der Waals surface area contributed by atoms with E-state index in [9.17, 15) is 4.79 Å². The molecule has 1 aromatic heterocycles. The predicted octanol–water partition coefficient (Wildman–Crippen LogP) is 5.97. The second kappa shape index (κ2) is 8.97. The molecular weight excluding hydrogens is 431 g/mol. The van der Waals surface area contributed by atoms with Crippen molar-refractivity contribution in [1.82, 2.24) is 10.3 Å². The normalized spacial score (nSPS) is 19.4. The molecule has 29 heavy (non-hydrogen) atoms. The molecule has 4 rings (SSSR count). The Kier molecular flexibility index (Phi) is 6.35. The van der Waals surface area contributed by atoms with Crippen LogP contribution in [0.2, 0.25) is 15.1 Å². The summed E-state index contributed by atoms with van der Waals surface area (Å²) in [5.74, 6) is 0.636. The van der Waals surface area contributed by atoms with E-state index < -0.39 is 0 Å². The summed E-state index contributed by atoms with van der Waals surface area (Å²) in [5, 5.41) is 6.60. The molecular formula is C22H21Cl3N2O2. The molecule has 1 heterocycles. The maximum absolute atomic E-state index is 11.9. The van der Waals surface area contributed by atoms with Crippen LogP contribution in [0.1, 0.15) is 31.2 Å². The molecule has 2 aromatic carbocycles. The van der Waals surface area contributed by atoms with Crippen LogP contribution in [0, 0.1) is 0 Å². The third kappa shape index (κ3) is 4.89. The summed E-state index contributed by atoms with van der Waals surface area (Å²) < 4.78 is 6.17. The van der Waals surface area contributed by atoms with E-state index in [1.165, 1.54) is 0 Å². The molecule has 7 heteroatoms. The zero-order valence-corrected chi connectivity index (χ0v) is 17.9. The molecule has 4 nitrogen and oxygen atoms in total. The molecule has 0 saturated heterocycles. The van der Waals surface area contributed by atoms with Crippen molar-refractivity contribution < 1.29 is 4.74 Å². The third-order valence-electron chi connectivity index (χ3n) is 5.37. The summed E-state index contributed by atoms with van der Waals surface area (Å²) in [7, 11) is 0. The number of aromatic nitrogens is 1. The minimum atomic E-state index is -0.149. The molecule has 0 radical (unpaired) electrons. The standard InChI is InChI=1S/C22H21Cl3N2O2/c23-18-6-1-13(9-19(18)24)12-27-15-2-4-16(5-3-15)29-21-10-14-7-8-26-22(28)17(14)11-20(21)25/h1,6-11,15-16,27H,2-5,12H2,(H,26,28)/t15-,16+. The zero-order valence-electron chi connectivity index (χ0n) is 15.7. The molecule has 0 bridgehead atoms. The topological polar surface area (TPSA) is 54.1 Å². The van der Waals surface area contributed by atoms with Crippen molar-refractivity contribution in [2.24, 2.45) is 0 Å². The van der Waals surface area contributed by atoms with Gasteiger partial charge in [-0.3, -0.25) is 4.79 Å². The van der Waals surface area contributed by atoms with Crippen LogP contribution in [-0.4, -0.2) is 17.1 Å². The summed E-state index contributed by atoms with van der Waals surface area (Å²) in [5.41, 5.74) is 0.972. The monoisotopic (exact) mass is 450 g/mol. The lowest BCUT2D eigenvalue weighted by Crippen LogP contribution is -2.36. The van der Waals surface area contributed by atoms with Gasteiger partial charge in [0.25, 0.3) is 5.56 Å². The highest BCUT2D eigenvalue weighted by atomic mass is 35.5. The molecule has 0 spiro atoms. The van der Waals surface area contributed by atoms with Crippen molar-refractivity contribution in [1.29, 1.82) is 0 Å². The smallest absolute Gasteiger partial charge is 0.255 e. The van der Waals surface area contributed by atoms with Gasteiger partial charge in [-0.05, 0) is 67.0 Å². The molecule has 2 N–H and O–H groups in total. The summed E-state index contributed by atoms with van der Waals surface area (Å²) in [4.78, 5) is 14.6. The molecule has 1 aliphatic rings. The van der Waals surface area contributed by atoms with Crippen molar-refractivity contribution in [3.63, 3.8) is 0 Å². The number of pyridine rings is 1. The van der Waals surface area contributed by atoms with Crippen LogP contribution < -0.4 is 15.6 Å². The number of H-pyrrole nitrogens is 1. The molecule has 0 amide bonds. The van der Waals surface area contributed by atoms with Gasteiger partial charge in [0.15, 0.2) is 0 Å². The summed E-state index contributed by atoms with van der Waals surface area (Å²) in [6, 6.07) is 11.5. The third-order valence-corrected chi connectivity index (χ3v) is 6.41. The summed E-state index contributed by atoms with van der Waals surface area (Å²) in [6.07, 6.45) is 5.70. The van der Waals surface area contributed by atoms with Gasteiger partial charge in [-0.2, -0.15) is 0 Å². The van der Waals surface area contributed by atoms with Crippen LogP contribution in [0.15, 0.2) is 47.4 Å². The largest absolute Gasteiger partial charge is 0.489 e. The Balaban J connectivity index is 1.33. The number of benzene rings is 2. The highest BCUT2D eigenvalue weighted by molar-refractivity contribution is 6.42. The molecule has 0 unspecified atom stereocenters. The van der Waals surface area contributed by atoms with E-state index in [0.29, 0.717) is 32.2 Å². The van der Waals surface area contributed by atoms with Crippen LogP contribution in [-0.2, 0) is 6.54 Å². The van der Waals surface area contributed by atoms with Crippen molar-refractivity contribution >= 4 is 45.6 Å². The van der Waals surface area contributed by atoms with Gasteiger partial charge in [0.05, 0.1) is 21.2 Å². The van der Waals surface area contributed by atoms with Crippen LogP contribution in [0.4, 0.5) is 0 Å². The van der Waals surface area contributed by atoms with Crippen molar-refractivity contribution in [3.05, 3.63) is 73.6 Å². The van der Waals surface area contributed by atoms with Crippen LogP contribution in [0.3, 0.4) is 0 Å². The van der Waals surface area contributed by atoms with Gasteiger partial charge < -0.3 is 15.0 Å². The van der Waals surface area contributed by atoms with Gasteiger partial charge in [-0.25, -0.2) is 0 Å². The highest BCUT2D eigenvalue weighted by Crippen LogP contribution is 2.32. The number of nitrogens with one attached hydrogen (secondary N) is 2. The van der Waals surface area contributed by atoms with Crippen molar-refractivity contribution in [3.8, 4) is 5.75 Å². The Bertz CT molecular complexity index is 1080. The first-order chi connectivity index (χ1) is 14.0. The number of hydrogen-bond donors (Lipinski definition) is 2. The van der Waals surface area contributed by atoms with E-state index in [1.54, 1.807) is 12.3 Å². The predicted molar refractivity (Wildman–Crippen MR) is 120 cm³/mol.